The highest BCUT2D eigenvalue weighted by Crippen LogP contribution is 2.27. The molecular weight excluding hydrogens is 278 g/mol. The number of rotatable bonds is 5. The fraction of sp³-hybridized carbons (Fsp3) is 0.231. The van der Waals surface area contributed by atoms with Gasteiger partial charge in [-0.1, -0.05) is 0 Å². The van der Waals surface area contributed by atoms with Crippen LogP contribution in [0.1, 0.15) is 21.8 Å². The van der Waals surface area contributed by atoms with Crippen LogP contribution in [0.5, 0.6) is 0 Å². The van der Waals surface area contributed by atoms with Crippen molar-refractivity contribution in [1.29, 1.82) is 0 Å². The molecule has 0 bridgehead atoms. The minimum absolute atomic E-state index is 0.0964. The van der Waals surface area contributed by atoms with E-state index in [0.29, 0.717) is 10.6 Å². The Morgan fingerprint density at radius 2 is 2.05 bits per heavy atom. The van der Waals surface area contributed by atoms with E-state index in [-0.39, 0.29) is 18.9 Å². The first kappa shape index (κ1) is 14.1. The number of thiazole rings is 1. The predicted molar refractivity (Wildman–Crippen MR) is 74.7 cm³/mol. The monoisotopic (exact) mass is 291 g/mol. The molecule has 0 aliphatic carbocycles. The van der Waals surface area contributed by atoms with E-state index in [4.69, 9.17) is 5.11 Å². The second-order valence-electron chi connectivity index (χ2n) is 4.07. The van der Waals surface area contributed by atoms with E-state index in [9.17, 15) is 9.59 Å². The molecule has 104 valence electrons. The topological polar surface area (TPSA) is 92.2 Å². The first-order chi connectivity index (χ1) is 9.58. The summed E-state index contributed by atoms with van der Waals surface area (Å²) in [6, 6.07) is 3.65. The smallest absolute Gasteiger partial charge is 0.305 e. The number of nitrogens with zero attached hydrogens (tertiary/aromatic N) is 2. The summed E-state index contributed by atoms with van der Waals surface area (Å²) < 4.78 is 0. The average Bonchev–Trinajstić information content (AvgIpc) is 2.81. The number of aliphatic carboxylic acids is 1. The highest BCUT2D eigenvalue weighted by molar-refractivity contribution is 7.17. The summed E-state index contributed by atoms with van der Waals surface area (Å²) in [6.07, 6.45) is 3.23. The standard InChI is InChI=1S/C13H13N3O3S/c1-8-11(12(19)15-7-4-10(17)18)20-13(16-8)9-2-5-14-6-3-9/h2-3,5-6H,4,7H2,1H3,(H,15,19)(H,17,18). The molecule has 2 rings (SSSR count). The number of aromatic nitrogens is 2. The molecule has 0 fully saturated rings. The van der Waals surface area contributed by atoms with Crippen molar-refractivity contribution in [3.05, 3.63) is 35.1 Å². The third kappa shape index (κ3) is 3.39. The summed E-state index contributed by atoms with van der Waals surface area (Å²) in [7, 11) is 0. The maximum atomic E-state index is 11.9. The molecular formula is C13H13N3O3S. The van der Waals surface area contributed by atoms with Crippen LogP contribution in [0.3, 0.4) is 0 Å². The van der Waals surface area contributed by atoms with Crippen LogP contribution in [0.2, 0.25) is 0 Å². The molecule has 0 aromatic carbocycles. The van der Waals surface area contributed by atoms with Crippen LogP contribution in [-0.2, 0) is 4.79 Å². The molecule has 1 amide bonds. The van der Waals surface area contributed by atoms with E-state index < -0.39 is 5.97 Å². The molecule has 0 saturated heterocycles. The van der Waals surface area contributed by atoms with Gasteiger partial charge >= 0.3 is 5.97 Å². The number of hydrogen-bond donors (Lipinski definition) is 2. The number of nitrogens with one attached hydrogen (secondary N) is 1. The highest BCUT2D eigenvalue weighted by Gasteiger charge is 2.16. The Hall–Kier alpha value is -2.28. The Bertz CT molecular complexity index is 625. The largest absolute Gasteiger partial charge is 0.481 e. The predicted octanol–water partition coefficient (Wildman–Crippen LogP) is 1.72. The van der Waals surface area contributed by atoms with E-state index in [1.54, 1.807) is 19.3 Å². The van der Waals surface area contributed by atoms with Gasteiger partial charge in [-0.2, -0.15) is 0 Å². The van der Waals surface area contributed by atoms with Crippen molar-refractivity contribution >= 4 is 23.2 Å². The van der Waals surface area contributed by atoms with Gasteiger partial charge < -0.3 is 10.4 Å². The minimum atomic E-state index is -0.941. The Morgan fingerprint density at radius 3 is 2.70 bits per heavy atom. The SMILES string of the molecule is Cc1nc(-c2ccncc2)sc1C(=O)NCCC(=O)O. The van der Waals surface area contributed by atoms with Gasteiger partial charge in [-0.3, -0.25) is 14.6 Å². The lowest BCUT2D eigenvalue weighted by Gasteiger charge is -2.00. The lowest BCUT2D eigenvalue weighted by molar-refractivity contribution is -0.136. The first-order valence-corrected chi connectivity index (χ1v) is 6.77. The van der Waals surface area contributed by atoms with Gasteiger partial charge in [-0.05, 0) is 19.1 Å². The molecule has 2 N–H and O–H groups in total. The van der Waals surface area contributed by atoms with E-state index in [1.807, 2.05) is 12.1 Å². The molecule has 2 aromatic heterocycles. The Kier molecular flexibility index (Phi) is 4.41. The van der Waals surface area contributed by atoms with Gasteiger partial charge in [-0.15, -0.1) is 11.3 Å². The number of hydrogen-bond acceptors (Lipinski definition) is 5. The van der Waals surface area contributed by atoms with Crippen LogP contribution in [0.15, 0.2) is 24.5 Å². The van der Waals surface area contributed by atoms with Gasteiger partial charge in [0.15, 0.2) is 0 Å². The Balaban J connectivity index is 2.11. The van der Waals surface area contributed by atoms with Gasteiger partial charge in [-0.25, -0.2) is 4.98 Å². The zero-order chi connectivity index (χ0) is 14.5. The molecule has 0 atom stereocenters. The Labute approximate surface area is 119 Å². The van der Waals surface area contributed by atoms with Crippen LogP contribution in [0.4, 0.5) is 0 Å². The molecule has 0 saturated carbocycles. The number of carboxylic acids is 1. The van der Waals surface area contributed by atoms with E-state index in [1.165, 1.54) is 11.3 Å². The summed E-state index contributed by atoms with van der Waals surface area (Å²) in [4.78, 5) is 31.1. The van der Waals surface area contributed by atoms with E-state index >= 15 is 0 Å². The van der Waals surface area contributed by atoms with Crippen molar-refractivity contribution in [3.8, 4) is 10.6 Å². The highest BCUT2D eigenvalue weighted by atomic mass is 32.1. The molecule has 0 spiro atoms. The minimum Gasteiger partial charge on any atom is -0.481 e. The van der Waals surface area contributed by atoms with Gasteiger partial charge in [0, 0.05) is 24.5 Å². The number of carboxylic acid groups (broad SMARTS) is 1. The van der Waals surface area contributed by atoms with Crippen LogP contribution in [0, 0.1) is 6.92 Å². The lowest BCUT2D eigenvalue weighted by atomic mass is 10.3. The van der Waals surface area contributed by atoms with Crippen LogP contribution < -0.4 is 5.32 Å². The number of aryl methyl sites for hydroxylation is 1. The maximum absolute atomic E-state index is 11.9. The summed E-state index contributed by atoms with van der Waals surface area (Å²) in [6.45, 7) is 1.86. The molecule has 7 heteroatoms. The number of carbonyl (C=O) groups excluding carboxylic acids is 1. The van der Waals surface area contributed by atoms with E-state index in [2.05, 4.69) is 15.3 Å². The molecule has 2 heterocycles. The summed E-state index contributed by atoms with van der Waals surface area (Å²) in [5.41, 5.74) is 1.53. The molecule has 0 aliphatic heterocycles. The number of carbonyl (C=O) groups is 2. The normalized spacial score (nSPS) is 10.2. The van der Waals surface area contributed by atoms with Gasteiger partial charge in [0.25, 0.3) is 5.91 Å². The average molecular weight is 291 g/mol. The third-order valence-electron chi connectivity index (χ3n) is 2.55. The molecule has 0 radical (unpaired) electrons. The summed E-state index contributed by atoms with van der Waals surface area (Å²) in [5, 5.41) is 11.9. The van der Waals surface area contributed by atoms with E-state index in [0.717, 1.165) is 10.6 Å². The van der Waals surface area contributed by atoms with Crippen molar-refractivity contribution in [2.24, 2.45) is 0 Å². The molecule has 2 aromatic rings. The Morgan fingerprint density at radius 1 is 1.35 bits per heavy atom. The van der Waals surface area contributed by atoms with Gasteiger partial charge in [0.2, 0.25) is 0 Å². The zero-order valence-electron chi connectivity index (χ0n) is 10.8. The van der Waals surface area contributed by atoms with Crippen LogP contribution in [-0.4, -0.2) is 33.5 Å². The molecule has 20 heavy (non-hydrogen) atoms. The van der Waals surface area contributed by atoms with Gasteiger partial charge in [0.05, 0.1) is 12.1 Å². The first-order valence-electron chi connectivity index (χ1n) is 5.95. The number of pyridine rings is 1. The zero-order valence-corrected chi connectivity index (χ0v) is 11.6. The third-order valence-corrected chi connectivity index (χ3v) is 3.76. The fourth-order valence-electron chi connectivity index (χ4n) is 1.59. The van der Waals surface area contributed by atoms with Crippen LogP contribution >= 0.6 is 11.3 Å². The number of amides is 1. The van der Waals surface area contributed by atoms with Crippen molar-refractivity contribution in [3.63, 3.8) is 0 Å². The fourth-order valence-corrected chi connectivity index (χ4v) is 2.58. The quantitative estimate of drug-likeness (QED) is 0.875. The summed E-state index contributed by atoms with van der Waals surface area (Å²) >= 11 is 1.28. The van der Waals surface area contributed by atoms with Crippen molar-refractivity contribution in [2.45, 2.75) is 13.3 Å². The maximum Gasteiger partial charge on any atom is 0.305 e. The molecule has 0 unspecified atom stereocenters. The lowest BCUT2D eigenvalue weighted by Crippen LogP contribution is -2.25. The van der Waals surface area contributed by atoms with Crippen molar-refractivity contribution in [1.82, 2.24) is 15.3 Å². The molecule has 0 aliphatic rings. The van der Waals surface area contributed by atoms with Crippen molar-refractivity contribution < 1.29 is 14.7 Å². The van der Waals surface area contributed by atoms with Gasteiger partial charge in [0.1, 0.15) is 9.88 Å². The molecule has 6 nitrogen and oxygen atoms in total. The van der Waals surface area contributed by atoms with Crippen molar-refractivity contribution in [2.75, 3.05) is 6.54 Å². The second-order valence-corrected chi connectivity index (χ2v) is 5.07. The second kappa shape index (κ2) is 6.25. The summed E-state index contributed by atoms with van der Waals surface area (Å²) in [5.74, 6) is -1.23. The van der Waals surface area contributed by atoms with Crippen LogP contribution in [0.25, 0.3) is 10.6 Å².